The summed E-state index contributed by atoms with van der Waals surface area (Å²) in [4.78, 5) is 11.7. The molecule has 0 bridgehead atoms. The monoisotopic (exact) mass is 211 g/mol. The van der Waals surface area contributed by atoms with E-state index < -0.39 is 0 Å². The van der Waals surface area contributed by atoms with E-state index in [1.54, 1.807) is 0 Å². The van der Waals surface area contributed by atoms with Crippen molar-refractivity contribution in [3.05, 3.63) is 0 Å². The maximum atomic E-state index is 11.7. The molecule has 86 valence electrons. The summed E-state index contributed by atoms with van der Waals surface area (Å²) in [6.45, 7) is 3.79. The lowest BCUT2D eigenvalue weighted by Crippen LogP contribution is -2.43. The highest BCUT2D eigenvalue weighted by Crippen LogP contribution is 2.24. The Morgan fingerprint density at radius 3 is 2.67 bits per heavy atom. The standard InChI is InChI=1S/C12H21NO2/c1-9-4-2-3-5-11(9)13-12(14)6-10-7-15-8-10/h9-11H,2-8H2,1H3,(H,13,14). The molecule has 0 aromatic heterocycles. The quantitative estimate of drug-likeness (QED) is 0.772. The number of hydrogen-bond acceptors (Lipinski definition) is 2. The molecule has 1 saturated carbocycles. The Morgan fingerprint density at radius 2 is 2.07 bits per heavy atom. The van der Waals surface area contributed by atoms with Crippen molar-refractivity contribution in [1.29, 1.82) is 0 Å². The fraction of sp³-hybridized carbons (Fsp3) is 0.917. The van der Waals surface area contributed by atoms with Crippen LogP contribution in [0.5, 0.6) is 0 Å². The molecular formula is C12H21NO2. The number of nitrogens with one attached hydrogen (secondary N) is 1. The molecule has 15 heavy (non-hydrogen) atoms. The largest absolute Gasteiger partial charge is 0.381 e. The molecule has 3 heteroatoms. The van der Waals surface area contributed by atoms with Gasteiger partial charge in [0.25, 0.3) is 0 Å². The smallest absolute Gasteiger partial charge is 0.220 e. The SMILES string of the molecule is CC1CCCCC1NC(=O)CC1COC1. The van der Waals surface area contributed by atoms with Crippen LogP contribution in [-0.2, 0) is 9.53 Å². The van der Waals surface area contributed by atoms with Gasteiger partial charge in [-0.1, -0.05) is 19.8 Å². The lowest BCUT2D eigenvalue weighted by molar-refractivity contribution is -0.127. The summed E-state index contributed by atoms with van der Waals surface area (Å²) in [6.07, 6.45) is 5.67. The van der Waals surface area contributed by atoms with Crippen molar-refractivity contribution in [1.82, 2.24) is 5.32 Å². The summed E-state index contributed by atoms with van der Waals surface area (Å²) >= 11 is 0. The van der Waals surface area contributed by atoms with Crippen LogP contribution in [-0.4, -0.2) is 25.2 Å². The molecule has 2 fully saturated rings. The second-order valence-corrected chi connectivity index (χ2v) is 5.04. The van der Waals surface area contributed by atoms with Crippen molar-refractivity contribution < 1.29 is 9.53 Å². The second kappa shape index (κ2) is 4.97. The van der Waals surface area contributed by atoms with Crippen molar-refractivity contribution in [2.75, 3.05) is 13.2 Å². The predicted molar refractivity (Wildman–Crippen MR) is 58.5 cm³/mol. The number of hydrogen-bond donors (Lipinski definition) is 1. The highest BCUT2D eigenvalue weighted by molar-refractivity contribution is 5.76. The van der Waals surface area contributed by atoms with E-state index in [0.29, 0.717) is 24.3 Å². The Kier molecular flexibility index (Phi) is 3.62. The summed E-state index contributed by atoms with van der Waals surface area (Å²) < 4.78 is 5.07. The molecule has 2 atom stereocenters. The maximum Gasteiger partial charge on any atom is 0.220 e. The lowest BCUT2D eigenvalue weighted by Gasteiger charge is -2.31. The van der Waals surface area contributed by atoms with Gasteiger partial charge < -0.3 is 10.1 Å². The molecule has 1 N–H and O–H groups in total. The van der Waals surface area contributed by atoms with Crippen LogP contribution in [0.4, 0.5) is 0 Å². The van der Waals surface area contributed by atoms with Gasteiger partial charge in [0.2, 0.25) is 5.91 Å². The number of amides is 1. The van der Waals surface area contributed by atoms with E-state index in [-0.39, 0.29) is 5.91 Å². The van der Waals surface area contributed by atoms with Crippen LogP contribution in [0.2, 0.25) is 0 Å². The summed E-state index contributed by atoms with van der Waals surface area (Å²) in [7, 11) is 0. The fourth-order valence-electron chi connectivity index (χ4n) is 2.46. The zero-order valence-electron chi connectivity index (χ0n) is 9.50. The first-order valence-electron chi connectivity index (χ1n) is 6.13. The Balaban J connectivity index is 1.71. The Hall–Kier alpha value is -0.570. The van der Waals surface area contributed by atoms with Crippen LogP contribution in [0.25, 0.3) is 0 Å². The van der Waals surface area contributed by atoms with E-state index in [1.165, 1.54) is 19.3 Å². The van der Waals surface area contributed by atoms with Crippen LogP contribution in [0.3, 0.4) is 0 Å². The molecule has 1 aliphatic carbocycles. The first-order valence-corrected chi connectivity index (χ1v) is 6.13. The van der Waals surface area contributed by atoms with Crippen molar-refractivity contribution in [2.45, 2.75) is 45.1 Å². The van der Waals surface area contributed by atoms with E-state index in [0.717, 1.165) is 19.6 Å². The van der Waals surface area contributed by atoms with Gasteiger partial charge in [-0.25, -0.2) is 0 Å². The van der Waals surface area contributed by atoms with Gasteiger partial charge in [-0.3, -0.25) is 4.79 Å². The van der Waals surface area contributed by atoms with Gasteiger partial charge in [0.05, 0.1) is 13.2 Å². The average Bonchev–Trinajstić information content (AvgIpc) is 2.16. The van der Waals surface area contributed by atoms with Crippen molar-refractivity contribution in [3.8, 4) is 0 Å². The minimum Gasteiger partial charge on any atom is -0.381 e. The molecule has 0 radical (unpaired) electrons. The molecule has 1 aliphatic heterocycles. The zero-order chi connectivity index (χ0) is 10.7. The van der Waals surface area contributed by atoms with Gasteiger partial charge in [0.15, 0.2) is 0 Å². The topological polar surface area (TPSA) is 38.3 Å². The molecule has 0 aromatic carbocycles. The zero-order valence-corrected chi connectivity index (χ0v) is 9.50. The summed E-state index contributed by atoms with van der Waals surface area (Å²) in [6, 6.07) is 0.423. The number of rotatable bonds is 3. The number of carbonyl (C=O) groups is 1. The van der Waals surface area contributed by atoms with Gasteiger partial charge in [-0.2, -0.15) is 0 Å². The van der Waals surface area contributed by atoms with E-state index in [9.17, 15) is 4.79 Å². The van der Waals surface area contributed by atoms with Gasteiger partial charge >= 0.3 is 0 Å². The van der Waals surface area contributed by atoms with Gasteiger partial charge in [-0.15, -0.1) is 0 Å². The van der Waals surface area contributed by atoms with Crippen LogP contribution in [0, 0.1) is 11.8 Å². The van der Waals surface area contributed by atoms with Crippen molar-refractivity contribution in [2.24, 2.45) is 11.8 Å². The van der Waals surface area contributed by atoms with Crippen LogP contribution >= 0.6 is 0 Å². The summed E-state index contributed by atoms with van der Waals surface area (Å²) in [5.41, 5.74) is 0. The summed E-state index contributed by atoms with van der Waals surface area (Å²) in [5.74, 6) is 1.35. The first-order chi connectivity index (χ1) is 7.25. The molecule has 0 aromatic rings. The van der Waals surface area contributed by atoms with Crippen molar-refractivity contribution in [3.63, 3.8) is 0 Å². The van der Waals surface area contributed by atoms with Crippen molar-refractivity contribution >= 4 is 5.91 Å². The van der Waals surface area contributed by atoms with Gasteiger partial charge in [-0.05, 0) is 18.8 Å². The van der Waals surface area contributed by atoms with E-state index in [2.05, 4.69) is 12.2 Å². The normalized spacial score (nSPS) is 32.1. The Morgan fingerprint density at radius 1 is 1.33 bits per heavy atom. The highest BCUT2D eigenvalue weighted by Gasteiger charge is 2.26. The van der Waals surface area contributed by atoms with Crippen LogP contribution < -0.4 is 5.32 Å². The van der Waals surface area contributed by atoms with E-state index >= 15 is 0 Å². The minimum absolute atomic E-state index is 0.224. The fourth-order valence-corrected chi connectivity index (χ4v) is 2.46. The third kappa shape index (κ3) is 2.94. The molecular weight excluding hydrogens is 190 g/mol. The molecule has 1 heterocycles. The molecule has 0 spiro atoms. The Labute approximate surface area is 91.6 Å². The highest BCUT2D eigenvalue weighted by atomic mass is 16.5. The lowest BCUT2D eigenvalue weighted by atomic mass is 9.86. The molecule has 2 aliphatic rings. The third-order valence-electron chi connectivity index (χ3n) is 3.64. The molecule has 2 rings (SSSR count). The first kappa shape index (κ1) is 10.9. The summed E-state index contributed by atoms with van der Waals surface area (Å²) in [5, 5.41) is 3.17. The van der Waals surface area contributed by atoms with E-state index in [1.807, 2.05) is 0 Å². The minimum atomic E-state index is 0.224. The maximum absolute atomic E-state index is 11.7. The van der Waals surface area contributed by atoms with Crippen LogP contribution in [0.15, 0.2) is 0 Å². The van der Waals surface area contributed by atoms with E-state index in [4.69, 9.17) is 4.74 Å². The average molecular weight is 211 g/mol. The molecule has 2 unspecified atom stereocenters. The van der Waals surface area contributed by atoms with Gasteiger partial charge in [0, 0.05) is 18.4 Å². The molecule has 1 saturated heterocycles. The second-order valence-electron chi connectivity index (χ2n) is 5.04. The third-order valence-corrected chi connectivity index (χ3v) is 3.64. The number of ether oxygens (including phenoxy) is 1. The Bertz CT molecular complexity index is 226. The number of carbonyl (C=O) groups excluding carboxylic acids is 1. The molecule has 3 nitrogen and oxygen atoms in total. The van der Waals surface area contributed by atoms with Gasteiger partial charge in [0.1, 0.15) is 0 Å². The van der Waals surface area contributed by atoms with Crippen LogP contribution in [0.1, 0.15) is 39.0 Å². The molecule has 1 amide bonds. The predicted octanol–water partition coefficient (Wildman–Crippen LogP) is 1.72.